The molecule has 3 fully saturated rings. The third-order valence-electron chi connectivity index (χ3n) is 5.21. The molecule has 0 saturated carbocycles. The molecule has 134 valence electrons. The van der Waals surface area contributed by atoms with Crippen molar-refractivity contribution in [2.24, 2.45) is 5.92 Å². The molecule has 1 aromatic heterocycles. The number of rotatable bonds is 3. The average molecular weight is 353 g/mol. The summed E-state index contributed by atoms with van der Waals surface area (Å²) in [6, 6.07) is 11.4. The van der Waals surface area contributed by atoms with Crippen LogP contribution in [0.5, 0.6) is 0 Å². The van der Waals surface area contributed by atoms with Crippen LogP contribution < -0.4 is 0 Å². The van der Waals surface area contributed by atoms with E-state index in [1.54, 1.807) is 17.2 Å². The van der Waals surface area contributed by atoms with Gasteiger partial charge in [0.25, 0.3) is 5.91 Å². The minimum atomic E-state index is -0.429. The number of hydrogen-bond donors (Lipinski definition) is 0. The van der Waals surface area contributed by atoms with Gasteiger partial charge in [0.1, 0.15) is 5.82 Å². The van der Waals surface area contributed by atoms with Crippen molar-refractivity contribution in [1.29, 1.82) is 0 Å². The maximum Gasteiger partial charge on any atom is 0.254 e. The van der Waals surface area contributed by atoms with E-state index >= 15 is 0 Å². The van der Waals surface area contributed by atoms with Crippen LogP contribution in [0, 0.1) is 11.7 Å². The number of aromatic nitrogens is 1. The van der Waals surface area contributed by atoms with E-state index in [2.05, 4.69) is 4.98 Å². The molecule has 5 nitrogen and oxygen atoms in total. The van der Waals surface area contributed by atoms with Crippen molar-refractivity contribution < 1.29 is 14.0 Å². The molecular weight excluding hydrogens is 333 g/mol. The molecule has 5 rings (SSSR count). The molecule has 0 radical (unpaired) electrons. The zero-order valence-corrected chi connectivity index (χ0v) is 14.3. The van der Waals surface area contributed by atoms with Crippen LogP contribution in [0.4, 0.5) is 4.39 Å². The Bertz CT molecular complexity index is 827. The van der Waals surface area contributed by atoms with Crippen molar-refractivity contribution in [2.75, 3.05) is 13.1 Å². The Balaban J connectivity index is 1.56. The first kappa shape index (κ1) is 16.7. The number of fused-ring (bicyclic) bond motifs is 4. The van der Waals surface area contributed by atoms with Gasteiger partial charge >= 0.3 is 0 Å². The van der Waals surface area contributed by atoms with Crippen molar-refractivity contribution in [2.45, 2.75) is 25.4 Å². The molecular formula is C20H20FN3O2. The zero-order chi connectivity index (χ0) is 18.1. The number of hydrogen-bond acceptors (Lipinski definition) is 3. The van der Waals surface area contributed by atoms with E-state index < -0.39 is 5.82 Å². The molecule has 3 saturated heterocycles. The Morgan fingerprint density at radius 3 is 2.81 bits per heavy atom. The number of carbonyl (C=O) groups excluding carboxylic acids is 2. The second-order valence-electron chi connectivity index (χ2n) is 6.94. The lowest BCUT2D eigenvalue weighted by Crippen LogP contribution is -2.47. The largest absolute Gasteiger partial charge is 0.336 e. The van der Waals surface area contributed by atoms with Gasteiger partial charge in [-0.2, -0.15) is 0 Å². The van der Waals surface area contributed by atoms with Crippen LogP contribution in [-0.2, 0) is 11.3 Å². The summed E-state index contributed by atoms with van der Waals surface area (Å²) in [5, 5.41) is 0. The van der Waals surface area contributed by atoms with Crippen LogP contribution in [0.2, 0.25) is 0 Å². The number of benzene rings is 1. The number of nitrogens with zero attached hydrogens (tertiary/aromatic N) is 3. The molecule has 2 amide bonds. The fourth-order valence-corrected chi connectivity index (χ4v) is 3.88. The molecule has 1 aromatic carbocycles. The smallest absolute Gasteiger partial charge is 0.254 e. The number of piperidine rings is 1. The van der Waals surface area contributed by atoms with E-state index in [1.807, 2.05) is 23.1 Å². The summed E-state index contributed by atoms with van der Waals surface area (Å²) in [6.45, 7) is 1.33. The molecule has 3 aliphatic rings. The van der Waals surface area contributed by atoms with E-state index in [0.717, 1.165) is 18.5 Å². The van der Waals surface area contributed by atoms with Crippen LogP contribution in [0.3, 0.4) is 0 Å². The Morgan fingerprint density at radius 2 is 2.04 bits per heavy atom. The summed E-state index contributed by atoms with van der Waals surface area (Å²) in [7, 11) is 0. The summed E-state index contributed by atoms with van der Waals surface area (Å²) in [6.07, 6.45) is 3.38. The summed E-state index contributed by atoms with van der Waals surface area (Å²) in [5.41, 5.74) is 1.17. The first-order valence-electron chi connectivity index (χ1n) is 8.87. The van der Waals surface area contributed by atoms with Gasteiger partial charge in [0.05, 0.1) is 18.2 Å². The molecule has 0 N–H and O–H groups in total. The van der Waals surface area contributed by atoms with E-state index in [0.29, 0.717) is 25.2 Å². The first-order valence-corrected chi connectivity index (χ1v) is 8.87. The van der Waals surface area contributed by atoms with Crippen molar-refractivity contribution >= 4 is 11.8 Å². The summed E-state index contributed by atoms with van der Waals surface area (Å²) in [4.78, 5) is 33.6. The molecule has 26 heavy (non-hydrogen) atoms. The minimum Gasteiger partial charge on any atom is -0.336 e. The van der Waals surface area contributed by atoms with Gasteiger partial charge in [-0.1, -0.05) is 12.1 Å². The zero-order valence-electron chi connectivity index (χ0n) is 14.3. The van der Waals surface area contributed by atoms with E-state index in [1.165, 1.54) is 18.2 Å². The van der Waals surface area contributed by atoms with Crippen molar-refractivity contribution in [3.63, 3.8) is 0 Å². The van der Waals surface area contributed by atoms with Gasteiger partial charge in [-0.3, -0.25) is 14.6 Å². The monoisotopic (exact) mass is 353 g/mol. The van der Waals surface area contributed by atoms with Gasteiger partial charge in [0.2, 0.25) is 5.91 Å². The SMILES string of the molecule is O=C(c1cccc(F)c1)N1C[C@@H]2CC[C@H](C1)N(Cc1ccccn1)C2=O. The molecule has 3 aliphatic heterocycles. The molecule has 2 atom stereocenters. The second-order valence-corrected chi connectivity index (χ2v) is 6.94. The normalized spacial score (nSPS) is 22.4. The van der Waals surface area contributed by atoms with E-state index in [4.69, 9.17) is 0 Å². The molecule has 6 heteroatoms. The topological polar surface area (TPSA) is 53.5 Å². The third-order valence-corrected chi connectivity index (χ3v) is 5.21. The van der Waals surface area contributed by atoms with Gasteiger partial charge in [-0.25, -0.2) is 4.39 Å². The standard InChI is InChI=1S/C20H20FN3O2/c21-16-5-3-4-14(10-16)19(25)23-11-15-7-8-18(13-23)24(20(15)26)12-17-6-1-2-9-22-17/h1-6,9-10,15,18H,7-8,11-13H2/t15-,18+/m0/s1. The van der Waals surface area contributed by atoms with Crippen LogP contribution in [0.15, 0.2) is 48.7 Å². The highest BCUT2D eigenvalue weighted by atomic mass is 19.1. The predicted molar refractivity (Wildman–Crippen MR) is 93.6 cm³/mol. The lowest BCUT2D eigenvalue weighted by atomic mass is 9.94. The number of pyridine rings is 1. The van der Waals surface area contributed by atoms with Gasteiger partial charge in [-0.05, 0) is 43.2 Å². The highest BCUT2D eigenvalue weighted by Crippen LogP contribution is 2.31. The molecule has 0 unspecified atom stereocenters. The molecule has 4 heterocycles. The third kappa shape index (κ3) is 3.19. The van der Waals surface area contributed by atoms with E-state index in [-0.39, 0.29) is 23.8 Å². The summed E-state index contributed by atoms with van der Waals surface area (Å²) < 4.78 is 13.5. The average Bonchev–Trinajstić information content (AvgIpc) is 2.95. The van der Waals surface area contributed by atoms with Crippen molar-refractivity contribution in [3.8, 4) is 0 Å². The first-order chi connectivity index (χ1) is 12.6. The van der Waals surface area contributed by atoms with E-state index in [9.17, 15) is 14.0 Å². The molecule has 0 aliphatic carbocycles. The fourth-order valence-electron chi connectivity index (χ4n) is 3.88. The van der Waals surface area contributed by atoms with Crippen molar-refractivity contribution in [1.82, 2.24) is 14.8 Å². The Hall–Kier alpha value is -2.76. The van der Waals surface area contributed by atoms with Gasteiger partial charge in [0.15, 0.2) is 0 Å². The number of amides is 2. The lowest BCUT2D eigenvalue weighted by molar-refractivity contribution is -0.140. The Morgan fingerprint density at radius 1 is 1.15 bits per heavy atom. The van der Waals surface area contributed by atoms with Crippen LogP contribution in [-0.4, -0.2) is 45.7 Å². The molecule has 2 aromatic rings. The van der Waals surface area contributed by atoms with Gasteiger partial charge in [0, 0.05) is 30.9 Å². The molecule has 2 bridgehead atoms. The maximum absolute atomic E-state index is 13.5. The Kier molecular flexibility index (Phi) is 4.41. The lowest BCUT2D eigenvalue weighted by Gasteiger charge is -2.35. The maximum atomic E-state index is 13.5. The number of carbonyl (C=O) groups is 2. The highest BCUT2D eigenvalue weighted by Gasteiger charge is 2.42. The quantitative estimate of drug-likeness (QED) is 0.852. The second kappa shape index (κ2) is 6.86. The van der Waals surface area contributed by atoms with Crippen LogP contribution in [0.1, 0.15) is 28.9 Å². The van der Waals surface area contributed by atoms with Crippen LogP contribution >= 0.6 is 0 Å². The van der Waals surface area contributed by atoms with Crippen LogP contribution in [0.25, 0.3) is 0 Å². The summed E-state index contributed by atoms with van der Waals surface area (Å²) in [5.74, 6) is -0.758. The highest BCUT2D eigenvalue weighted by molar-refractivity contribution is 5.95. The van der Waals surface area contributed by atoms with Crippen molar-refractivity contribution in [3.05, 3.63) is 65.7 Å². The summed E-state index contributed by atoms with van der Waals surface area (Å²) >= 11 is 0. The Labute approximate surface area is 151 Å². The predicted octanol–water partition coefficient (Wildman–Crippen LogP) is 2.48. The minimum absolute atomic E-state index is 0.0271. The molecule has 0 spiro atoms. The number of halogens is 1. The van der Waals surface area contributed by atoms with Gasteiger partial charge in [-0.15, -0.1) is 0 Å². The van der Waals surface area contributed by atoms with Gasteiger partial charge < -0.3 is 9.80 Å². The fraction of sp³-hybridized carbons (Fsp3) is 0.350.